The van der Waals surface area contributed by atoms with Gasteiger partial charge in [-0.3, -0.25) is 0 Å². The SMILES string of the molecule is O=C(NCC1(c2ccccc2)CC1)Nc1cccc(Cl)c1. The van der Waals surface area contributed by atoms with Crippen molar-refractivity contribution in [1.29, 1.82) is 0 Å². The summed E-state index contributed by atoms with van der Waals surface area (Å²) in [6.07, 6.45) is 2.24. The highest BCUT2D eigenvalue weighted by molar-refractivity contribution is 6.30. The Morgan fingerprint density at radius 3 is 2.52 bits per heavy atom. The fourth-order valence-corrected chi connectivity index (χ4v) is 2.69. The number of carbonyl (C=O) groups is 1. The first-order chi connectivity index (χ1) is 10.2. The van der Waals surface area contributed by atoms with E-state index in [1.54, 1.807) is 12.1 Å². The molecule has 4 heteroatoms. The summed E-state index contributed by atoms with van der Waals surface area (Å²) >= 11 is 5.90. The van der Waals surface area contributed by atoms with Crippen molar-refractivity contribution in [3.05, 3.63) is 65.2 Å². The van der Waals surface area contributed by atoms with Crippen LogP contribution in [-0.4, -0.2) is 12.6 Å². The summed E-state index contributed by atoms with van der Waals surface area (Å²) in [5.74, 6) is 0. The van der Waals surface area contributed by atoms with E-state index in [9.17, 15) is 4.79 Å². The van der Waals surface area contributed by atoms with Crippen molar-refractivity contribution in [2.45, 2.75) is 18.3 Å². The third kappa shape index (κ3) is 3.37. The number of halogens is 1. The Hall–Kier alpha value is -2.00. The van der Waals surface area contributed by atoms with Crippen LogP contribution >= 0.6 is 11.6 Å². The molecule has 0 radical (unpaired) electrons. The molecule has 0 saturated heterocycles. The highest BCUT2D eigenvalue weighted by atomic mass is 35.5. The van der Waals surface area contributed by atoms with E-state index in [0.29, 0.717) is 17.3 Å². The molecule has 2 amide bonds. The normalized spacial score (nSPS) is 15.3. The molecule has 2 aromatic rings. The van der Waals surface area contributed by atoms with Gasteiger partial charge in [0.1, 0.15) is 0 Å². The van der Waals surface area contributed by atoms with Crippen molar-refractivity contribution >= 4 is 23.3 Å². The van der Waals surface area contributed by atoms with E-state index < -0.39 is 0 Å². The van der Waals surface area contributed by atoms with Gasteiger partial charge in [-0.1, -0.05) is 48.0 Å². The van der Waals surface area contributed by atoms with Gasteiger partial charge in [0.05, 0.1) is 0 Å². The first-order valence-electron chi connectivity index (χ1n) is 7.04. The van der Waals surface area contributed by atoms with Crippen LogP contribution in [0.4, 0.5) is 10.5 Å². The van der Waals surface area contributed by atoms with Crippen molar-refractivity contribution in [2.24, 2.45) is 0 Å². The van der Waals surface area contributed by atoms with Crippen molar-refractivity contribution < 1.29 is 4.79 Å². The average Bonchev–Trinajstić information content (AvgIpc) is 3.27. The molecule has 2 aromatic carbocycles. The molecule has 0 spiro atoms. The molecule has 0 heterocycles. The monoisotopic (exact) mass is 300 g/mol. The summed E-state index contributed by atoms with van der Waals surface area (Å²) < 4.78 is 0. The summed E-state index contributed by atoms with van der Waals surface area (Å²) in [5, 5.41) is 6.37. The zero-order chi connectivity index (χ0) is 14.7. The minimum atomic E-state index is -0.195. The van der Waals surface area contributed by atoms with Gasteiger partial charge in [-0.15, -0.1) is 0 Å². The molecule has 3 nitrogen and oxygen atoms in total. The van der Waals surface area contributed by atoms with E-state index in [0.717, 1.165) is 12.8 Å². The summed E-state index contributed by atoms with van der Waals surface area (Å²) in [6.45, 7) is 0.656. The molecule has 1 saturated carbocycles. The maximum absolute atomic E-state index is 12.0. The van der Waals surface area contributed by atoms with Gasteiger partial charge in [0.2, 0.25) is 0 Å². The molecule has 0 atom stereocenters. The second-order valence-corrected chi connectivity index (χ2v) is 5.90. The van der Waals surface area contributed by atoms with Gasteiger partial charge in [-0.2, -0.15) is 0 Å². The molecule has 0 bridgehead atoms. The van der Waals surface area contributed by atoms with Crippen LogP contribution in [0.5, 0.6) is 0 Å². The van der Waals surface area contributed by atoms with Crippen LogP contribution < -0.4 is 10.6 Å². The largest absolute Gasteiger partial charge is 0.337 e. The van der Waals surface area contributed by atoms with Crippen molar-refractivity contribution in [3.63, 3.8) is 0 Å². The van der Waals surface area contributed by atoms with Gasteiger partial charge in [0, 0.05) is 22.7 Å². The predicted molar refractivity (Wildman–Crippen MR) is 85.8 cm³/mol. The van der Waals surface area contributed by atoms with Gasteiger partial charge in [-0.25, -0.2) is 4.79 Å². The number of rotatable bonds is 4. The lowest BCUT2D eigenvalue weighted by molar-refractivity contribution is 0.251. The van der Waals surface area contributed by atoms with E-state index in [1.165, 1.54) is 5.56 Å². The van der Waals surface area contributed by atoms with Gasteiger partial charge in [-0.05, 0) is 36.6 Å². The third-order valence-electron chi connectivity index (χ3n) is 3.91. The highest BCUT2D eigenvalue weighted by Gasteiger charge is 2.44. The third-order valence-corrected chi connectivity index (χ3v) is 4.14. The quantitative estimate of drug-likeness (QED) is 0.873. The Balaban J connectivity index is 1.57. The van der Waals surface area contributed by atoms with E-state index >= 15 is 0 Å². The van der Waals surface area contributed by atoms with E-state index in [-0.39, 0.29) is 11.4 Å². The van der Waals surface area contributed by atoms with Crippen molar-refractivity contribution in [3.8, 4) is 0 Å². The smallest absolute Gasteiger partial charge is 0.319 e. The van der Waals surface area contributed by atoms with Crippen LogP contribution in [0.3, 0.4) is 0 Å². The fourth-order valence-electron chi connectivity index (χ4n) is 2.50. The van der Waals surface area contributed by atoms with Crippen LogP contribution in [0.15, 0.2) is 54.6 Å². The summed E-state index contributed by atoms with van der Waals surface area (Å²) in [7, 11) is 0. The number of hydrogen-bond acceptors (Lipinski definition) is 1. The molecule has 0 aliphatic heterocycles. The zero-order valence-corrected chi connectivity index (χ0v) is 12.4. The average molecular weight is 301 g/mol. The lowest BCUT2D eigenvalue weighted by Crippen LogP contribution is -2.35. The summed E-state index contributed by atoms with van der Waals surface area (Å²) in [5.41, 5.74) is 2.12. The molecule has 108 valence electrons. The topological polar surface area (TPSA) is 41.1 Å². The Kier molecular flexibility index (Phi) is 3.84. The lowest BCUT2D eigenvalue weighted by Gasteiger charge is -2.17. The summed E-state index contributed by atoms with van der Waals surface area (Å²) in [4.78, 5) is 12.0. The molecule has 1 aliphatic carbocycles. The minimum Gasteiger partial charge on any atom is -0.337 e. The molecule has 1 aliphatic rings. The lowest BCUT2D eigenvalue weighted by atomic mass is 9.96. The first kappa shape index (κ1) is 14.0. The Morgan fingerprint density at radius 2 is 1.86 bits per heavy atom. The van der Waals surface area contributed by atoms with Gasteiger partial charge >= 0.3 is 6.03 Å². The van der Waals surface area contributed by atoms with Crippen LogP contribution in [0.2, 0.25) is 5.02 Å². The van der Waals surface area contributed by atoms with Crippen molar-refractivity contribution in [1.82, 2.24) is 5.32 Å². The second-order valence-electron chi connectivity index (χ2n) is 5.46. The molecule has 2 N–H and O–H groups in total. The fraction of sp³-hybridized carbons (Fsp3) is 0.235. The molecular formula is C17H17ClN2O. The number of carbonyl (C=O) groups excluding carboxylic acids is 1. The molecular weight excluding hydrogens is 284 g/mol. The standard InChI is InChI=1S/C17H17ClN2O/c18-14-7-4-8-15(11-14)20-16(21)19-12-17(9-10-17)13-5-2-1-3-6-13/h1-8,11H,9-10,12H2,(H2,19,20,21). The van der Waals surface area contributed by atoms with E-state index in [2.05, 4.69) is 22.8 Å². The number of hydrogen-bond donors (Lipinski definition) is 2. The molecule has 3 rings (SSSR count). The number of amides is 2. The van der Waals surface area contributed by atoms with Crippen molar-refractivity contribution in [2.75, 3.05) is 11.9 Å². The molecule has 21 heavy (non-hydrogen) atoms. The molecule has 1 fully saturated rings. The number of benzene rings is 2. The van der Waals surface area contributed by atoms with Gasteiger partial charge in [0.25, 0.3) is 0 Å². The zero-order valence-electron chi connectivity index (χ0n) is 11.6. The number of urea groups is 1. The van der Waals surface area contributed by atoms with Crippen LogP contribution in [0.1, 0.15) is 18.4 Å². The highest BCUT2D eigenvalue weighted by Crippen LogP contribution is 2.47. The number of anilines is 1. The summed E-state index contributed by atoms with van der Waals surface area (Å²) in [6, 6.07) is 17.3. The van der Waals surface area contributed by atoms with Gasteiger partial charge < -0.3 is 10.6 Å². The van der Waals surface area contributed by atoms with E-state index in [4.69, 9.17) is 11.6 Å². The Bertz CT molecular complexity index is 638. The van der Waals surface area contributed by atoms with Gasteiger partial charge in [0.15, 0.2) is 0 Å². The van der Waals surface area contributed by atoms with Crippen LogP contribution in [-0.2, 0) is 5.41 Å². The first-order valence-corrected chi connectivity index (χ1v) is 7.42. The predicted octanol–water partition coefficient (Wildman–Crippen LogP) is 4.19. The number of nitrogens with one attached hydrogen (secondary N) is 2. The van der Waals surface area contributed by atoms with E-state index in [1.807, 2.05) is 30.3 Å². The maximum atomic E-state index is 12.0. The maximum Gasteiger partial charge on any atom is 0.319 e. The minimum absolute atomic E-state index is 0.118. The van der Waals surface area contributed by atoms with Crippen LogP contribution in [0, 0.1) is 0 Å². The second kappa shape index (κ2) is 5.78. The Labute approximate surface area is 129 Å². The van der Waals surface area contributed by atoms with Crippen LogP contribution in [0.25, 0.3) is 0 Å². The molecule has 0 unspecified atom stereocenters. The molecule has 0 aromatic heterocycles. The Morgan fingerprint density at radius 1 is 1.10 bits per heavy atom.